The van der Waals surface area contributed by atoms with Gasteiger partial charge in [0.25, 0.3) is 0 Å². The lowest BCUT2D eigenvalue weighted by molar-refractivity contribution is 0.0256. The van der Waals surface area contributed by atoms with Crippen LogP contribution in [0.3, 0.4) is 0 Å². The van der Waals surface area contributed by atoms with Gasteiger partial charge in [-0.05, 0) is 24.8 Å². The minimum absolute atomic E-state index is 0.448. The second kappa shape index (κ2) is 3.95. The fraction of sp³-hybridized carbons (Fsp3) is 0.538. The van der Waals surface area contributed by atoms with Gasteiger partial charge in [0.15, 0.2) is 0 Å². The van der Waals surface area contributed by atoms with Crippen molar-refractivity contribution >= 4 is 0 Å². The van der Waals surface area contributed by atoms with E-state index in [1.54, 1.807) is 0 Å². The number of benzene rings is 1. The molecule has 1 heterocycles. The average Bonchev–Trinajstić information content (AvgIpc) is 3.07. The first-order valence-corrected chi connectivity index (χ1v) is 5.85. The zero-order chi connectivity index (χ0) is 10.1. The molecule has 0 spiro atoms. The van der Waals surface area contributed by atoms with Crippen molar-refractivity contribution in [2.45, 2.75) is 44.1 Å². The summed E-state index contributed by atoms with van der Waals surface area (Å²) in [5, 5.41) is 3.49. The van der Waals surface area contributed by atoms with E-state index >= 15 is 0 Å². The van der Waals surface area contributed by atoms with Gasteiger partial charge in [-0.25, -0.2) is 0 Å². The van der Waals surface area contributed by atoms with Gasteiger partial charge in [-0.2, -0.15) is 0 Å². The molecule has 0 unspecified atom stereocenters. The van der Waals surface area contributed by atoms with E-state index in [0.717, 1.165) is 12.6 Å². The Labute approximate surface area is 90.6 Å². The van der Waals surface area contributed by atoms with Gasteiger partial charge in [0.05, 0.1) is 12.7 Å². The lowest BCUT2D eigenvalue weighted by Gasteiger charge is -2.20. The van der Waals surface area contributed by atoms with Crippen LogP contribution in [0.4, 0.5) is 0 Å². The fourth-order valence-electron chi connectivity index (χ4n) is 2.50. The molecule has 1 aliphatic carbocycles. The van der Waals surface area contributed by atoms with Crippen LogP contribution in [0.1, 0.15) is 24.8 Å². The molecule has 3 rings (SSSR count). The fourth-order valence-corrected chi connectivity index (χ4v) is 2.50. The normalized spacial score (nSPS) is 33.5. The van der Waals surface area contributed by atoms with Crippen LogP contribution in [0, 0.1) is 0 Å². The van der Waals surface area contributed by atoms with Crippen LogP contribution in [-0.4, -0.2) is 18.2 Å². The van der Waals surface area contributed by atoms with Gasteiger partial charge in [0.1, 0.15) is 0 Å². The third-order valence-corrected chi connectivity index (χ3v) is 3.44. The highest BCUT2D eigenvalue weighted by molar-refractivity contribution is 5.14. The van der Waals surface area contributed by atoms with E-state index in [9.17, 15) is 0 Å². The summed E-state index contributed by atoms with van der Waals surface area (Å²) in [6, 6.07) is 11.8. The Morgan fingerprint density at radius 3 is 2.93 bits per heavy atom. The molecule has 1 N–H and O–H groups in total. The molecular formula is C13H17NO. The Hall–Kier alpha value is -0.860. The molecule has 3 atom stereocenters. The van der Waals surface area contributed by atoms with Crippen LogP contribution >= 0.6 is 0 Å². The van der Waals surface area contributed by atoms with Crippen LogP contribution in [0.15, 0.2) is 30.3 Å². The van der Waals surface area contributed by atoms with Crippen molar-refractivity contribution < 1.29 is 4.74 Å². The van der Waals surface area contributed by atoms with Crippen molar-refractivity contribution in [3.8, 4) is 0 Å². The summed E-state index contributed by atoms with van der Waals surface area (Å²) in [6.07, 6.45) is 4.33. The van der Waals surface area contributed by atoms with Gasteiger partial charge >= 0.3 is 0 Å². The van der Waals surface area contributed by atoms with E-state index in [1.165, 1.54) is 24.8 Å². The molecule has 2 heteroatoms. The van der Waals surface area contributed by atoms with Crippen LogP contribution in [0.5, 0.6) is 0 Å². The summed E-state index contributed by atoms with van der Waals surface area (Å²) in [5.74, 6) is 0. The number of fused-ring (bicyclic) bond motifs is 1. The predicted molar refractivity (Wildman–Crippen MR) is 59.6 cm³/mol. The minimum atomic E-state index is 0.448. The summed E-state index contributed by atoms with van der Waals surface area (Å²) in [6.45, 7) is 0.760. The molecule has 0 radical (unpaired) electrons. The van der Waals surface area contributed by atoms with Crippen LogP contribution in [0.2, 0.25) is 0 Å². The van der Waals surface area contributed by atoms with Crippen molar-refractivity contribution in [3.63, 3.8) is 0 Å². The Morgan fingerprint density at radius 1 is 1.20 bits per heavy atom. The highest BCUT2D eigenvalue weighted by Gasteiger charge is 2.45. The monoisotopic (exact) mass is 203 g/mol. The third-order valence-electron chi connectivity index (χ3n) is 3.44. The summed E-state index contributed by atoms with van der Waals surface area (Å²) in [5.41, 5.74) is 1.28. The van der Waals surface area contributed by atoms with E-state index < -0.39 is 0 Å². The number of hydrogen-bond donors (Lipinski definition) is 1. The predicted octanol–water partition coefficient (Wildman–Crippen LogP) is 2.10. The van der Waals surface area contributed by atoms with Gasteiger partial charge in [0.2, 0.25) is 0 Å². The Balaban J connectivity index is 1.54. The van der Waals surface area contributed by atoms with Crippen molar-refractivity contribution in [2.24, 2.45) is 0 Å². The third kappa shape index (κ3) is 2.06. The highest BCUT2D eigenvalue weighted by Crippen LogP contribution is 2.31. The van der Waals surface area contributed by atoms with Crippen molar-refractivity contribution in [3.05, 3.63) is 35.9 Å². The largest absolute Gasteiger partial charge is 0.372 e. The Kier molecular flexibility index (Phi) is 2.47. The maximum absolute atomic E-state index is 5.96. The van der Waals surface area contributed by atoms with E-state index in [1.807, 2.05) is 6.07 Å². The molecule has 2 nitrogen and oxygen atoms in total. The first kappa shape index (κ1) is 9.37. The number of hydrogen-bond acceptors (Lipinski definition) is 2. The molecular weight excluding hydrogens is 186 g/mol. The van der Waals surface area contributed by atoms with Gasteiger partial charge in [-0.15, -0.1) is 0 Å². The van der Waals surface area contributed by atoms with Crippen molar-refractivity contribution in [1.29, 1.82) is 0 Å². The Morgan fingerprint density at radius 2 is 2.07 bits per heavy atom. The summed E-state index contributed by atoms with van der Waals surface area (Å²) >= 11 is 0. The molecule has 1 aromatic rings. The van der Waals surface area contributed by atoms with Gasteiger partial charge in [0, 0.05) is 12.1 Å². The molecule has 0 aromatic heterocycles. The molecule has 1 aromatic carbocycles. The summed E-state index contributed by atoms with van der Waals surface area (Å²) in [4.78, 5) is 0. The molecule has 1 aliphatic heterocycles. The second-order valence-corrected chi connectivity index (χ2v) is 4.56. The Bertz CT molecular complexity index is 325. The lowest BCUT2D eigenvalue weighted by Crippen LogP contribution is -2.25. The van der Waals surface area contributed by atoms with E-state index in [0.29, 0.717) is 12.1 Å². The van der Waals surface area contributed by atoms with Crippen LogP contribution < -0.4 is 5.32 Å². The molecule has 2 fully saturated rings. The maximum atomic E-state index is 5.96. The topological polar surface area (TPSA) is 31.2 Å². The number of rotatable bonds is 3. The van der Waals surface area contributed by atoms with E-state index in [4.69, 9.17) is 4.74 Å². The van der Waals surface area contributed by atoms with Crippen molar-refractivity contribution in [2.75, 3.05) is 0 Å². The maximum Gasteiger partial charge on any atom is 0.0747 e. The zero-order valence-electron chi connectivity index (χ0n) is 8.86. The molecule has 0 bridgehead atoms. The average molecular weight is 203 g/mol. The first-order chi connectivity index (χ1) is 7.43. The number of ether oxygens (including phenoxy) is 1. The molecule has 0 amide bonds. The minimum Gasteiger partial charge on any atom is -0.372 e. The SMILES string of the molecule is c1ccc(CO[C@@H]2CCC[C@H]3N[C@H]32)cc1. The zero-order valence-corrected chi connectivity index (χ0v) is 8.86. The standard InChI is InChI=1S/C13H17NO/c1-2-5-10(6-3-1)9-15-12-8-4-7-11-13(12)14-11/h1-3,5-6,11-14H,4,7-9H2/t11-,12-,13-/m1/s1. The van der Waals surface area contributed by atoms with Crippen LogP contribution in [0.25, 0.3) is 0 Å². The van der Waals surface area contributed by atoms with Gasteiger partial charge < -0.3 is 10.1 Å². The van der Waals surface area contributed by atoms with Gasteiger partial charge in [-0.1, -0.05) is 30.3 Å². The van der Waals surface area contributed by atoms with Crippen LogP contribution in [-0.2, 0) is 11.3 Å². The van der Waals surface area contributed by atoms with Crippen molar-refractivity contribution in [1.82, 2.24) is 5.32 Å². The van der Waals surface area contributed by atoms with E-state index in [2.05, 4.69) is 29.6 Å². The van der Waals surface area contributed by atoms with E-state index in [-0.39, 0.29) is 0 Å². The number of nitrogens with one attached hydrogen (secondary N) is 1. The lowest BCUT2D eigenvalue weighted by atomic mass is 9.98. The molecule has 1 saturated carbocycles. The second-order valence-electron chi connectivity index (χ2n) is 4.56. The van der Waals surface area contributed by atoms with Gasteiger partial charge in [-0.3, -0.25) is 0 Å². The smallest absolute Gasteiger partial charge is 0.0747 e. The molecule has 15 heavy (non-hydrogen) atoms. The summed E-state index contributed by atoms with van der Waals surface area (Å²) in [7, 11) is 0. The quantitative estimate of drug-likeness (QED) is 0.763. The molecule has 2 aliphatic rings. The highest BCUT2D eigenvalue weighted by atomic mass is 16.5. The summed E-state index contributed by atoms with van der Waals surface area (Å²) < 4.78 is 5.96. The first-order valence-electron chi connectivity index (χ1n) is 5.85. The molecule has 80 valence electrons. The molecule has 1 saturated heterocycles.